The van der Waals surface area contributed by atoms with Gasteiger partial charge in [0.2, 0.25) is 0 Å². The van der Waals surface area contributed by atoms with Crippen molar-refractivity contribution in [2.45, 2.75) is 70.7 Å². The summed E-state index contributed by atoms with van der Waals surface area (Å²) in [6.07, 6.45) is -3.46. The zero-order valence-corrected chi connectivity index (χ0v) is 17.5. The van der Waals surface area contributed by atoms with E-state index in [1.807, 2.05) is 13.8 Å². The van der Waals surface area contributed by atoms with Crippen molar-refractivity contribution in [3.05, 3.63) is 12.2 Å². The molecule has 2 saturated heterocycles. The van der Waals surface area contributed by atoms with Gasteiger partial charge >= 0.3 is 11.9 Å². The number of hydrogen-bond acceptors (Lipinski definition) is 8. The fourth-order valence-corrected chi connectivity index (χ4v) is 7.84. The van der Waals surface area contributed by atoms with Crippen molar-refractivity contribution >= 4 is 11.9 Å². The molecule has 5 aliphatic rings. The van der Waals surface area contributed by atoms with Crippen LogP contribution in [0.25, 0.3) is 0 Å². The maximum Gasteiger partial charge on any atom is 0.316 e. The lowest BCUT2D eigenvalue weighted by Crippen LogP contribution is -2.73. The van der Waals surface area contributed by atoms with Gasteiger partial charge in [-0.1, -0.05) is 20.4 Å². The van der Waals surface area contributed by atoms with E-state index in [1.54, 1.807) is 0 Å². The van der Waals surface area contributed by atoms with Crippen LogP contribution in [0.15, 0.2) is 12.2 Å². The first-order valence-electron chi connectivity index (χ1n) is 10.7. The average Bonchev–Trinajstić information content (AvgIpc) is 3.09. The summed E-state index contributed by atoms with van der Waals surface area (Å²) in [4.78, 5) is 25.5. The van der Waals surface area contributed by atoms with Crippen LogP contribution in [0, 0.1) is 34.0 Å². The van der Waals surface area contributed by atoms with E-state index in [0.29, 0.717) is 18.4 Å². The van der Waals surface area contributed by atoms with Gasteiger partial charge in [-0.3, -0.25) is 9.59 Å². The minimum atomic E-state index is -1.27. The SMILES string of the molecule is C=C1[C@@H]2C[C@H](O)[C@@H]3[C@](C2)(C(=O)O[C@H]2C[C@H](O)C(C)(C)[C@H]4[C@H](O)OC[C@@]243)[C@@H]1OC(C)=O. The zero-order chi connectivity index (χ0) is 21.8. The van der Waals surface area contributed by atoms with Gasteiger partial charge in [0, 0.05) is 30.6 Å². The number of esters is 2. The molecule has 2 bridgehead atoms. The summed E-state index contributed by atoms with van der Waals surface area (Å²) < 4.78 is 17.3. The van der Waals surface area contributed by atoms with Gasteiger partial charge in [0.1, 0.15) is 17.6 Å². The number of rotatable bonds is 1. The molecule has 3 saturated carbocycles. The second-order valence-corrected chi connectivity index (χ2v) is 10.5. The first-order chi connectivity index (χ1) is 14.0. The molecule has 8 nitrogen and oxygen atoms in total. The summed E-state index contributed by atoms with van der Waals surface area (Å²) in [5.41, 5.74) is -2.28. The number of aliphatic hydroxyl groups excluding tert-OH is 3. The summed E-state index contributed by atoms with van der Waals surface area (Å²) >= 11 is 0. The molecule has 10 atom stereocenters. The molecule has 0 aromatic carbocycles. The number of hydrogen-bond donors (Lipinski definition) is 3. The molecule has 5 fully saturated rings. The highest BCUT2D eigenvalue weighted by atomic mass is 16.6. The molecule has 0 aromatic heterocycles. The first-order valence-corrected chi connectivity index (χ1v) is 10.7. The Morgan fingerprint density at radius 3 is 2.57 bits per heavy atom. The molecule has 3 aliphatic carbocycles. The molecule has 0 aromatic rings. The van der Waals surface area contributed by atoms with Crippen molar-refractivity contribution in [3.8, 4) is 0 Å². The summed E-state index contributed by atoms with van der Waals surface area (Å²) in [5, 5.41) is 33.0. The Morgan fingerprint density at radius 2 is 1.90 bits per heavy atom. The van der Waals surface area contributed by atoms with Gasteiger partial charge in [0.15, 0.2) is 6.29 Å². The Morgan fingerprint density at radius 1 is 1.20 bits per heavy atom. The van der Waals surface area contributed by atoms with E-state index in [1.165, 1.54) is 6.92 Å². The van der Waals surface area contributed by atoms with Crippen molar-refractivity contribution < 1.29 is 39.1 Å². The molecular weight excluding hydrogens is 392 g/mol. The smallest absolute Gasteiger partial charge is 0.316 e. The minimum absolute atomic E-state index is 0.0976. The maximum atomic E-state index is 13.5. The third-order valence-corrected chi connectivity index (χ3v) is 8.94. The van der Waals surface area contributed by atoms with Gasteiger partial charge in [-0.2, -0.15) is 0 Å². The highest BCUT2D eigenvalue weighted by Crippen LogP contribution is 2.72. The number of carbonyl (C=O) groups is 2. The van der Waals surface area contributed by atoms with E-state index in [4.69, 9.17) is 14.2 Å². The number of aliphatic hydroxyl groups is 3. The van der Waals surface area contributed by atoms with Gasteiger partial charge in [-0.15, -0.1) is 0 Å². The highest BCUT2D eigenvalue weighted by Gasteiger charge is 2.80. The summed E-state index contributed by atoms with van der Waals surface area (Å²) in [7, 11) is 0. The minimum Gasteiger partial charge on any atom is -0.461 e. The molecule has 2 aliphatic heterocycles. The van der Waals surface area contributed by atoms with Crippen LogP contribution >= 0.6 is 0 Å². The Labute approximate surface area is 175 Å². The van der Waals surface area contributed by atoms with Gasteiger partial charge in [-0.05, 0) is 29.7 Å². The molecule has 3 N–H and O–H groups in total. The second-order valence-electron chi connectivity index (χ2n) is 10.5. The van der Waals surface area contributed by atoms with E-state index < -0.39 is 70.7 Å². The third-order valence-electron chi connectivity index (χ3n) is 8.94. The summed E-state index contributed by atoms with van der Waals surface area (Å²) in [5.74, 6) is -2.42. The van der Waals surface area contributed by atoms with Gasteiger partial charge < -0.3 is 29.5 Å². The highest BCUT2D eigenvalue weighted by molar-refractivity contribution is 5.83. The topological polar surface area (TPSA) is 123 Å². The molecule has 5 rings (SSSR count). The van der Waals surface area contributed by atoms with E-state index in [9.17, 15) is 24.9 Å². The Balaban J connectivity index is 1.72. The molecule has 0 unspecified atom stereocenters. The lowest BCUT2D eigenvalue weighted by Gasteiger charge is -2.64. The summed E-state index contributed by atoms with van der Waals surface area (Å²) in [6, 6.07) is 0. The molecule has 0 radical (unpaired) electrons. The van der Waals surface area contributed by atoms with E-state index in [0.717, 1.165) is 0 Å². The molecule has 2 heterocycles. The number of carbonyl (C=O) groups excluding carboxylic acids is 2. The van der Waals surface area contributed by atoms with Crippen LogP contribution < -0.4 is 0 Å². The first kappa shape index (κ1) is 20.4. The average molecular weight is 422 g/mol. The monoisotopic (exact) mass is 422 g/mol. The van der Waals surface area contributed by atoms with Crippen LogP contribution in [0.1, 0.15) is 40.0 Å². The number of fused-ring (bicyclic) bond motifs is 1. The fraction of sp³-hybridized carbons (Fsp3) is 0.818. The van der Waals surface area contributed by atoms with Crippen LogP contribution in [0.2, 0.25) is 0 Å². The van der Waals surface area contributed by atoms with Crippen LogP contribution in [0.3, 0.4) is 0 Å². The molecule has 30 heavy (non-hydrogen) atoms. The summed E-state index contributed by atoms with van der Waals surface area (Å²) in [6.45, 7) is 9.24. The van der Waals surface area contributed by atoms with E-state index in [2.05, 4.69) is 6.58 Å². The van der Waals surface area contributed by atoms with Crippen molar-refractivity contribution in [1.82, 2.24) is 0 Å². The van der Waals surface area contributed by atoms with Crippen LogP contribution in [0.4, 0.5) is 0 Å². The zero-order valence-electron chi connectivity index (χ0n) is 17.5. The molecule has 2 spiro atoms. The van der Waals surface area contributed by atoms with E-state index >= 15 is 0 Å². The van der Waals surface area contributed by atoms with E-state index in [-0.39, 0.29) is 18.9 Å². The lowest BCUT2D eigenvalue weighted by molar-refractivity contribution is -0.279. The predicted octanol–water partition coefficient (Wildman–Crippen LogP) is 0.529. The maximum absolute atomic E-state index is 13.5. The second kappa shape index (κ2) is 6.06. The number of ether oxygens (including phenoxy) is 3. The van der Waals surface area contributed by atoms with Crippen molar-refractivity contribution in [3.63, 3.8) is 0 Å². The predicted molar refractivity (Wildman–Crippen MR) is 102 cm³/mol. The van der Waals surface area contributed by atoms with Crippen LogP contribution in [-0.4, -0.2) is 64.6 Å². The molecular formula is C22H30O8. The molecule has 8 heteroatoms. The van der Waals surface area contributed by atoms with Crippen molar-refractivity contribution in [1.29, 1.82) is 0 Å². The quantitative estimate of drug-likeness (QED) is 0.413. The standard InChI is InChI=1S/C22H30O8/c1-9-11-5-12(24)15-21(7-11,17(9)29-10(2)23)19(27)30-14-6-13(25)20(3,4)16-18(26)28-8-22(14,15)16/h11-18,24-26H,1,5-8H2,2-4H3/t11-,12+,13+,14+,15-,16-,17-,18-,21+,22+/m1/s1. The van der Waals surface area contributed by atoms with Crippen LogP contribution in [0.5, 0.6) is 0 Å². The molecule has 166 valence electrons. The Bertz CT molecular complexity index is 822. The normalized spacial score (nSPS) is 53.4. The van der Waals surface area contributed by atoms with Crippen molar-refractivity contribution in [2.75, 3.05) is 6.61 Å². The Hall–Kier alpha value is -1.48. The fourth-order valence-electron chi connectivity index (χ4n) is 7.84. The third kappa shape index (κ3) is 2.16. The largest absolute Gasteiger partial charge is 0.461 e. The molecule has 0 amide bonds. The Kier molecular flexibility index (Phi) is 4.12. The van der Waals surface area contributed by atoms with Crippen molar-refractivity contribution in [2.24, 2.45) is 34.0 Å². The van der Waals surface area contributed by atoms with Gasteiger partial charge in [0.05, 0.1) is 18.8 Å². The van der Waals surface area contributed by atoms with Gasteiger partial charge in [-0.25, -0.2) is 0 Å². The lowest BCUT2D eigenvalue weighted by atomic mass is 9.43. The van der Waals surface area contributed by atoms with Crippen LogP contribution in [-0.2, 0) is 23.8 Å². The van der Waals surface area contributed by atoms with Gasteiger partial charge in [0.25, 0.3) is 0 Å².